The number of halogens is 1. The fourth-order valence-corrected chi connectivity index (χ4v) is 2.32. The monoisotopic (exact) mass is 360 g/mol. The number of hydrogen-bond donors (Lipinski definition) is 3. The maximum absolute atomic E-state index is 12.9. The van der Waals surface area contributed by atoms with E-state index in [4.69, 9.17) is 4.74 Å². The summed E-state index contributed by atoms with van der Waals surface area (Å²) in [6, 6.07) is 12.1. The lowest BCUT2D eigenvalue weighted by Gasteiger charge is -2.20. The van der Waals surface area contributed by atoms with Gasteiger partial charge >= 0.3 is 0 Å². The third kappa shape index (κ3) is 5.56. The Morgan fingerprint density at radius 3 is 2.46 bits per heavy atom. The number of ether oxygens (including phenoxy) is 1. The van der Waals surface area contributed by atoms with Gasteiger partial charge in [0.25, 0.3) is 11.8 Å². The van der Waals surface area contributed by atoms with Crippen molar-refractivity contribution in [1.82, 2.24) is 0 Å². The van der Waals surface area contributed by atoms with E-state index in [0.29, 0.717) is 17.1 Å². The van der Waals surface area contributed by atoms with Crippen LogP contribution in [0.1, 0.15) is 6.92 Å². The minimum atomic E-state index is -0.444. The van der Waals surface area contributed by atoms with E-state index >= 15 is 0 Å². The number of anilines is 2. The first kappa shape index (κ1) is 19.4. The molecule has 0 heterocycles. The van der Waals surface area contributed by atoms with E-state index < -0.39 is 6.04 Å². The molecule has 0 aromatic heterocycles. The molecule has 0 saturated heterocycles. The zero-order valence-electron chi connectivity index (χ0n) is 15.0. The van der Waals surface area contributed by atoms with Gasteiger partial charge in [-0.25, -0.2) is 4.39 Å². The number of rotatable bonds is 7. The molecule has 2 aromatic carbocycles. The van der Waals surface area contributed by atoms with E-state index in [9.17, 15) is 14.0 Å². The molecule has 0 saturated carbocycles. The van der Waals surface area contributed by atoms with Crippen LogP contribution in [0.25, 0.3) is 0 Å². The number of carbonyl (C=O) groups excluding carboxylic acids is 2. The van der Waals surface area contributed by atoms with E-state index in [1.807, 2.05) is 0 Å². The number of likely N-dealkylation sites (N-methyl/N-ethyl adjacent to an activating group) is 1. The molecule has 6 nitrogen and oxygen atoms in total. The van der Waals surface area contributed by atoms with Crippen LogP contribution in [0.5, 0.6) is 5.75 Å². The van der Waals surface area contributed by atoms with Crippen molar-refractivity contribution in [1.29, 1.82) is 0 Å². The van der Waals surface area contributed by atoms with E-state index in [0.717, 1.165) is 4.90 Å². The van der Waals surface area contributed by atoms with Crippen LogP contribution in [0.4, 0.5) is 15.8 Å². The predicted molar refractivity (Wildman–Crippen MR) is 97.9 cm³/mol. The Labute approximate surface area is 152 Å². The zero-order chi connectivity index (χ0) is 19.1. The van der Waals surface area contributed by atoms with Crippen molar-refractivity contribution in [3.8, 4) is 5.75 Å². The van der Waals surface area contributed by atoms with Gasteiger partial charge in [-0.2, -0.15) is 0 Å². The molecule has 2 aromatic rings. The Morgan fingerprint density at radius 2 is 1.81 bits per heavy atom. The summed E-state index contributed by atoms with van der Waals surface area (Å²) in [4.78, 5) is 25.2. The van der Waals surface area contributed by atoms with Gasteiger partial charge in [-0.15, -0.1) is 0 Å². The van der Waals surface area contributed by atoms with E-state index in [1.165, 1.54) is 24.3 Å². The lowest BCUT2D eigenvalue weighted by atomic mass is 10.2. The minimum Gasteiger partial charge on any atom is -0.497 e. The lowest BCUT2D eigenvalue weighted by molar-refractivity contribution is -0.885. The minimum absolute atomic E-state index is 0.101. The molecule has 0 spiro atoms. The van der Waals surface area contributed by atoms with Gasteiger partial charge in [-0.1, -0.05) is 6.07 Å². The highest BCUT2D eigenvalue weighted by Crippen LogP contribution is 2.16. The third-order valence-electron chi connectivity index (χ3n) is 4.04. The molecule has 0 bridgehead atoms. The van der Waals surface area contributed by atoms with Crippen molar-refractivity contribution in [2.24, 2.45) is 0 Å². The van der Waals surface area contributed by atoms with Crippen LogP contribution in [0, 0.1) is 5.82 Å². The van der Waals surface area contributed by atoms with Crippen molar-refractivity contribution in [3.63, 3.8) is 0 Å². The molecule has 0 radical (unpaired) electrons. The quantitative estimate of drug-likeness (QED) is 0.697. The van der Waals surface area contributed by atoms with Gasteiger partial charge in [0, 0.05) is 17.4 Å². The van der Waals surface area contributed by atoms with E-state index in [-0.39, 0.29) is 24.2 Å². The first-order valence-electron chi connectivity index (χ1n) is 8.21. The molecule has 2 atom stereocenters. The molecule has 0 fully saturated rings. The summed E-state index contributed by atoms with van der Waals surface area (Å²) in [5.74, 6) is -0.177. The summed E-state index contributed by atoms with van der Waals surface area (Å²) in [6.45, 7) is 1.85. The molecule has 1 unspecified atom stereocenters. The Balaban J connectivity index is 1.88. The largest absolute Gasteiger partial charge is 0.497 e. The molecule has 138 valence electrons. The lowest BCUT2D eigenvalue weighted by Crippen LogP contribution is -3.14. The topological polar surface area (TPSA) is 71.9 Å². The van der Waals surface area contributed by atoms with Gasteiger partial charge in [0.1, 0.15) is 11.6 Å². The maximum atomic E-state index is 12.9. The van der Waals surface area contributed by atoms with Crippen LogP contribution < -0.4 is 20.3 Å². The SMILES string of the molecule is COc1cccc(NC(=O)[C@H](C)[NH+](C)CC(=O)Nc2ccc(F)cc2)c1. The van der Waals surface area contributed by atoms with Crippen LogP contribution in [0.3, 0.4) is 0 Å². The van der Waals surface area contributed by atoms with E-state index in [1.54, 1.807) is 45.3 Å². The summed E-state index contributed by atoms with van der Waals surface area (Å²) in [5, 5.41) is 5.50. The second-order valence-electron chi connectivity index (χ2n) is 6.02. The van der Waals surface area contributed by atoms with Gasteiger partial charge in [0.15, 0.2) is 12.6 Å². The van der Waals surface area contributed by atoms with Crippen molar-refractivity contribution < 1.29 is 23.6 Å². The van der Waals surface area contributed by atoms with Crippen LogP contribution in [-0.4, -0.2) is 38.6 Å². The Kier molecular flexibility index (Phi) is 6.68. The number of amides is 2. The normalized spacial score (nSPS) is 12.8. The van der Waals surface area contributed by atoms with Crippen molar-refractivity contribution in [2.75, 3.05) is 31.3 Å². The highest BCUT2D eigenvalue weighted by atomic mass is 19.1. The highest BCUT2D eigenvalue weighted by molar-refractivity contribution is 5.94. The van der Waals surface area contributed by atoms with Crippen molar-refractivity contribution in [2.45, 2.75) is 13.0 Å². The van der Waals surface area contributed by atoms with Crippen molar-refractivity contribution in [3.05, 3.63) is 54.3 Å². The zero-order valence-corrected chi connectivity index (χ0v) is 15.0. The Morgan fingerprint density at radius 1 is 1.12 bits per heavy atom. The van der Waals surface area contributed by atoms with E-state index in [2.05, 4.69) is 10.6 Å². The molecule has 26 heavy (non-hydrogen) atoms. The van der Waals surface area contributed by atoms with Gasteiger partial charge in [-0.05, 0) is 43.3 Å². The molecular formula is C19H23FN3O3+. The summed E-state index contributed by atoms with van der Waals surface area (Å²) in [5.41, 5.74) is 1.14. The first-order valence-corrected chi connectivity index (χ1v) is 8.21. The Hall–Kier alpha value is -2.93. The number of quaternary nitrogens is 1. The molecular weight excluding hydrogens is 337 g/mol. The fraction of sp³-hybridized carbons (Fsp3) is 0.263. The second-order valence-corrected chi connectivity index (χ2v) is 6.02. The van der Waals surface area contributed by atoms with Gasteiger partial charge in [0.05, 0.1) is 14.2 Å². The summed E-state index contributed by atoms with van der Waals surface area (Å²) >= 11 is 0. The number of methoxy groups -OCH3 is 1. The molecule has 7 heteroatoms. The highest BCUT2D eigenvalue weighted by Gasteiger charge is 2.24. The fourth-order valence-electron chi connectivity index (χ4n) is 2.32. The van der Waals surface area contributed by atoms with Crippen molar-refractivity contribution >= 4 is 23.2 Å². The molecule has 0 aliphatic rings. The van der Waals surface area contributed by atoms with Crippen LogP contribution in [0.15, 0.2) is 48.5 Å². The number of hydrogen-bond acceptors (Lipinski definition) is 3. The summed E-state index contributed by atoms with van der Waals surface area (Å²) < 4.78 is 18.0. The number of benzene rings is 2. The van der Waals surface area contributed by atoms with Gasteiger partial charge in [0.2, 0.25) is 0 Å². The smallest absolute Gasteiger partial charge is 0.282 e. The third-order valence-corrected chi connectivity index (χ3v) is 4.04. The summed E-state index contributed by atoms with van der Waals surface area (Å²) in [7, 11) is 3.32. The second kappa shape index (κ2) is 8.96. The number of carbonyl (C=O) groups is 2. The van der Waals surface area contributed by atoms with Gasteiger partial charge in [-0.3, -0.25) is 9.59 Å². The van der Waals surface area contributed by atoms with Crippen LogP contribution in [-0.2, 0) is 9.59 Å². The molecule has 0 aliphatic carbocycles. The number of nitrogens with one attached hydrogen (secondary N) is 3. The Bertz CT molecular complexity index is 765. The van der Waals surface area contributed by atoms with Gasteiger partial charge < -0.3 is 20.3 Å². The standard InChI is InChI=1S/C19H22FN3O3/c1-13(19(25)22-16-5-4-6-17(11-16)26-3)23(2)12-18(24)21-15-9-7-14(20)8-10-15/h4-11,13H,12H2,1-3H3,(H,21,24)(H,22,25)/p+1/t13-/m0/s1. The molecule has 3 N–H and O–H groups in total. The molecule has 2 amide bonds. The van der Waals surface area contributed by atoms with Crippen LogP contribution >= 0.6 is 0 Å². The first-order chi connectivity index (χ1) is 12.4. The molecule has 0 aliphatic heterocycles. The average molecular weight is 360 g/mol. The predicted octanol–water partition coefficient (Wildman–Crippen LogP) is 1.31. The van der Waals surface area contributed by atoms with Crippen LogP contribution in [0.2, 0.25) is 0 Å². The molecule has 2 rings (SSSR count). The maximum Gasteiger partial charge on any atom is 0.282 e. The summed E-state index contributed by atoms with van der Waals surface area (Å²) in [6.07, 6.45) is 0. The average Bonchev–Trinajstić information content (AvgIpc) is 2.63.